The second-order valence-corrected chi connectivity index (χ2v) is 5.45. The molecule has 0 unspecified atom stereocenters. The highest BCUT2D eigenvalue weighted by molar-refractivity contribution is 9.10. The molecule has 0 heterocycles. The first-order valence-corrected chi connectivity index (χ1v) is 7.24. The van der Waals surface area contributed by atoms with Crippen molar-refractivity contribution in [2.24, 2.45) is 0 Å². The Kier molecular flexibility index (Phi) is 5.17. The van der Waals surface area contributed by atoms with Crippen LogP contribution >= 0.6 is 15.9 Å². The molecule has 0 saturated heterocycles. The molecule has 0 radical (unpaired) electrons. The van der Waals surface area contributed by atoms with Crippen LogP contribution in [0.1, 0.15) is 6.92 Å². The molecule has 2 aromatic carbocycles. The van der Waals surface area contributed by atoms with Crippen molar-refractivity contribution in [3.05, 3.63) is 64.7 Å². The maximum atomic E-state index is 10.6. The van der Waals surface area contributed by atoms with Crippen LogP contribution in [0.4, 0.5) is 0 Å². The van der Waals surface area contributed by atoms with Crippen LogP contribution in [0.15, 0.2) is 64.7 Å². The van der Waals surface area contributed by atoms with Gasteiger partial charge in [-0.05, 0) is 48.4 Å². The number of carboxylic acid groups (broad SMARTS) is 1. The van der Waals surface area contributed by atoms with Gasteiger partial charge in [-0.2, -0.15) is 0 Å². The zero-order valence-corrected chi connectivity index (χ0v) is 13.1. The molecule has 0 amide bonds. The van der Waals surface area contributed by atoms with Crippen LogP contribution in [0, 0.1) is 0 Å². The number of carboxylic acids is 1. The quantitative estimate of drug-likeness (QED) is 0.809. The molecule has 0 aliphatic rings. The van der Waals surface area contributed by atoms with Gasteiger partial charge in [0.2, 0.25) is 0 Å². The Bertz CT molecular complexity index is 643. The van der Waals surface area contributed by atoms with Crippen molar-refractivity contribution in [2.45, 2.75) is 6.92 Å². The smallest absolute Gasteiger partial charge is 0.331 e. The van der Waals surface area contributed by atoms with E-state index in [4.69, 9.17) is 9.84 Å². The molecule has 2 aromatic rings. The molecule has 4 heteroatoms. The summed E-state index contributed by atoms with van der Waals surface area (Å²) in [6.45, 7) is 1.79. The Balaban J connectivity index is 2.01. The summed E-state index contributed by atoms with van der Waals surface area (Å²) in [5, 5.41) is 8.73. The van der Waals surface area contributed by atoms with Crippen LogP contribution in [-0.2, 0) is 4.79 Å². The van der Waals surface area contributed by atoms with Crippen LogP contribution in [-0.4, -0.2) is 17.7 Å². The number of ether oxygens (including phenoxy) is 1. The maximum absolute atomic E-state index is 10.6. The number of aliphatic carboxylic acids is 1. The summed E-state index contributed by atoms with van der Waals surface area (Å²) in [5.41, 5.74) is 2.51. The number of hydrogen-bond acceptors (Lipinski definition) is 2. The third-order valence-electron chi connectivity index (χ3n) is 3.01. The highest BCUT2D eigenvalue weighted by atomic mass is 79.9. The van der Waals surface area contributed by atoms with Gasteiger partial charge in [0.25, 0.3) is 0 Å². The van der Waals surface area contributed by atoms with Crippen LogP contribution in [0.25, 0.3) is 11.1 Å². The first-order chi connectivity index (χ1) is 10.1. The van der Waals surface area contributed by atoms with Crippen molar-refractivity contribution in [2.75, 3.05) is 6.61 Å². The Morgan fingerprint density at radius 2 is 1.62 bits per heavy atom. The molecule has 0 saturated carbocycles. The molecule has 0 bridgehead atoms. The van der Waals surface area contributed by atoms with E-state index in [0.29, 0.717) is 5.75 Å². The second kappa shape index (κ2) is 7.09. The average molecular weight is 347 g/mol. The molecule has 0 aliphatic heterocycles. The monoisotopic (exact) mass is 346 g/mol. The van der Waals surface area contributed by atoms with Gasteiger partial charge in [0.05, 0.1) is 0 Å². The van der Waals surface area contributed by atoms with Gasteiger partial charge in [-0.3, -0.25) is 0 Å². The number of halogens is 1. The number of benzene rings is 2. The van der Waals surface area contributed by atoms with Gasteiger partial charge in [0, 0.05) is 10.0 Å². The van der Waals surface area contributed by atoms with E-state index >= 15 is 0 Å². The van der Waals surface area contributed by atoms with Crippen molar-refractivity contribution >= 4 is 21.9 Å². The highest BCUT2D eigenvalue weighted by Gasteiger charge is 2.00. The van der Waals surface area contributed by atoms with Crippen molar-refractivity contribution in [3.8, 4) is 16.9 Å². The molecule has 3 nitrogen and oxygen atoms in total. The van der Waals surface area contributed by atoms with Crippen molar-refractivity contribution in [1.29, 1.82) is 0 Å². The molecule has 0 atom stereocenters. The standard InChI is InChI=1S/C17H15BrO3/c1-12(17(19)20)10-11-21-16-8-4-14(5-9-16)13-2-6-15(18)7-3-13/h2-10H,11H2,1H3,(H,19,20). The lowest BCUT2D eigenvalue weighted by Crippen LogP contribution is -2.00. The van der Waals surface area contributed by atoms with Gasteiger partial charge < -0.3 is 9.84 Å². The summed E-state index contributed by atoms with van der Waals surface area (Å²) in [5.74, 6) is -0.213. The van der Waals surface area contributed by atoms with Gasteiger partial charge in [0.15, 0.2) is 0 Å². The third kappa shape index (κ3) is 4.46. The third-order valence-corrected chi connectivity index (χ3v) is 3.54. The molecule has 21 heavy (non-hydrogen) atoms. The van der Waals surface area contributed by atoms with Gasteiger partial charge in [-0.1, -0.05) is 40.2 Å². The fourth-order valence-electron chi connectivity index (χ4n) is 1.74. The van der Waals surface area contributed by atoms with Gasteiger partial charge in [0.1, 0.15) is 12.4 Å². The maximum Gasteiger partial charge on any atom is 0.331 e. The first kappa shape index (κ1) is 15.3. The van der Waals surface area contributed by atoms with E-state index in [9.17, 15) is 4.79 Å². The molecule has 108 valence electrons. The highest BCUT2D eigenvalue weighted by Crippen LogP contribution is 2.24. The van der Waals surface area contributed by atoms with E-state index < -0.39 is 5.97 Å². The fourth-order valence-corrected chi connectivity index (χ4v) is 2.00. The van der Waals surface area contributed by atoms with E-state index in [0.717, 1.165) is 15.6 Å². The fraction of sp³-hybridized carbons (Fsp3) is 0.118. The first-order valence-electron chi connectivity index (χ1n) is 6.45. The largest absolute Gasteiger partial charge is 0.490 e. The van der Waals surface area contributed by atoms with E-state index in [1.165, 1.54) is 0 Å². The predicted molar refractivity (Wildman–Crippen MR) is 86.5 cm³/mol. The van der Waals surface area contributed by atoms with E-state index in [1.807, 2.05) is 48.5 Å². The van der Waals surface area contributed by atoms with E-state index in [1.54, 1.807) is 13.0 Å². The zero-order chi connectivity index (χ0) is 15.2. The zero-order valence-electron chi connectivity index (χ0n) is 11.5. The lowest BCUT2D eigenvalue weighted by Gasteiger charge is -2.06. The summed E-state index contributed by atoms with van der Waals surface area (Å²) < 4.78 is 6.54. The Morgan fingerprint density at radius 3 is 2.14 bits per heavy atom. The minimum Gasteiger partial charge on any atom is -0.490 e. The molecular weight excluding hydrogens is 332 g/mol. The summed E-state index contributed by atoms with van der Waals surface area (Å²) >= 11 is 3.41. The molecule has 2 rings (SSSR count). The van der Waals surface area contributed by atoms with Gasteiger partial charge in [-0.15, -0.1) is 0 Å². The van der Waals surface area contributed by atoms with Crippen molar-refractivity contribution < 1.29 is 14.6 Å². The molecule has 0 aliphatic carbocycles. The summed E-state index contributed by atoms with van der Waals surface area (Å²) in [4.78, 5) is 10.6. The molecular formula is C17H15BrO3. The van der Waals surface area contributed by atoms with E-state index in [-0.39, 0.29) is 12.2 Å². The lowest BCUT2D eigenvalue weighted by molar-refractivity contribution is -0.132. The summed E-state index contributed by atoms with van der Waals surface area (Å²) in [6.07, 6.45) is 1.55. The van der Waals surface area contributed by atoms with Crippen molar-refractivity contribution in [3.63, 3.8) is 0 Å². The van der Waals surface area contributed by atoms with Gasteiger partial charge >= 0.3 is 5.97 Å². The minimum absolute atomic E-state index is 0.246. The Labute approximate surface area is 132 Å². The minimum atomic E-state index is -0.927. The Hall–Kier alpha value is -2.07. The lowest BCUT2D eigenvalue weighted by atomic mass is 10.1. The Morgan fingerprint density at radius 1 is 1.10 bits per heavy atom. The van der Waals surface area contributed by atoms with Crippen LogP contribution in [0.3, 0.4) is 0 Å². The number of hydrogen-bond donors (Lipinski definition) is 1. The molecule has 1 N–H and O–H groups in total. The topological polar surface area (TPSA) is 46.5 Å². The van der Waals surface area contributed by atoms with Crippen LogP contribution in [0.2, 0.25) is 0 Å². The molecule has 0 spiro atoms. The van der Waals surface area contributed by atoms with Crippen molar-refractivity contribution in [1.82, 2.24) is 0 Å². The van der Waals surface area contributed by atoms with E-state index in [2.05, 4.69) is 15.9 Å². The number of carbonyl (C=O) groups is 1. The summed E-state index contributed by atoms with van der Waals surface area (Å²) in [7, 11) is 0. The molecule has 0 fully saturated rings. The predicted octanol–water partition coefficient (Wildman–Crippen LogP) is 4.53. The number of rotatable bonds is 5. The van der Waals surface area contributed by atoms with Crippen LogP contribution in [0.5, 0.6) is 5.75 Å². The normalized spacial score (nSPS) is 11.2. The SMILES string of the molecule is CC(=CCOc1ccc(-c2ccc(Br)cc2)cc1)C(=O)O. The van der Waals surface area contributed by atoms with Crippen LogP contribution < -0.4 is 4.74 Å². The second-order valence-electron chi connectivity index (χ2n) is 4.53. The molecule has 0 aromatic heterocycles. The average Bonchev–Trinajstić information content (AvgIpc) is 2.48. The van der Waals surface area contributed by atoms with Gasteiger partial charge in [-0.25, -0.2) is 4.79 Å². The summed E-state index contributed by atoms with van der Waals surface area (Å²) in [6, 6.07) is 15.8.